The maximum Gasteiger partial charge on any atom is 0.305 e. The number of carbonyl (C=O) groups is 1. The minimum Gasteiger partial charge on any atom is -0.469 e. The standard InChI is InChI=1S/C28H39NO4/c1-20(26-12-8-7-9-22(26)13-14-27(31)32-4)33-19-25(30)18-29-28(2,3)17-21-15-23-10-5-6-11-24(23)16-21/h5-12,20-21,25,29-30H,13-19H2,1-4H3/t20-,25+/m1/s1. The van der Waals surface area contributed by atoms with E-state index in [0.29, 0.717) is 25.3 Å². The number of aliphatic hydroxyl groups is 1. The first-order valence-electron chi connectivity index (χ1n) is 12.0. The highest BCUT2D eigenvalue weighted by molar-refractivity contribution is 5.69. The molecule has 0 bridgehead atoms. The SMILES string of the molecule is COC(=O)CCc1ccccc1[C@@H](C)OC[C@@H](O)CNC(C)(C)CC1Cc2ccccc2C1. The molecule has 0 fully saturated rings. The van der Waals surface area contributed by atoms with E-state index in [1.54, 1.807) is 0 Å². The van der Waals surface area contributed by atoms with Crippen LogP contribution in [-0.4, -0.2) is 43.0 Å². The summed E-state index contributed by atoms with van der Waals surface area (Å²) in [5, 5.41) is 14.1. The number of esters is 1. The number of aliphatic hydroxyl groups excluding tert-OH is 1. The van der Waals surface area contributed by atoms with E-state index < -0.39 is 6.10 Å². The number of carbonyl (C=O) groups excluding carboxylic acids is 1. The van der Waals surface area contributed by atoms with Crippen LogP contribution >= 0.6 is 0 Å². The molecular formula is C28H39NO4. The molecule has 3 rings (SSSR count). The lowest BCUT2D eigenvalue weighted by Gasteiger charge is -2.31. The number of rotatable bonds is 12. The Morgan fingerprint density at radius 2 is 1.76 bits per heavy atom. The molecule has 0 spiro atoms. The van der Waals surface area contributed by atoms with Gasteiger partial charge in [-0.1, -0.05) is 48.5 Å². The summed E-state index contributed by atoms with van der Waals surface area (Å²) in [5.41, 5.74) is 5.02. The van der Waals surface area contributed by atoms with Crippen LogP contribution in [0.3, 0.4) is 0 Å². The zero-order valence-electron chi connectivity index (χ0n) is 20.5. The molecule has 2 aromatic carbocycles. The van der Waals surface area contributed by atoms with Gasteiger partial charge in [-0.25, -0.2) is 0 Å². The van der Waals surface area contributed by atoms with Crippen molar-refractivity contribution < 1.29 is 19.4 Å². The van der Waals surface area contributed by atoms with Crippen molar-refractivity contribution in [3.05, 3.63) is 70.8 Å². The molecular weight excluding hydrogens is 414 g/mol. The van der Waals surface area contributed by atoms with Crippen molar-refractivity contribution in [2.24, 2.45) is 5.92 Å². The van der Waals surface area contributed by atoms with Gasteiger partial charge >= 0.3 is 5.97 Å². The lowest BCUT2D eigenvalue weighted by molar-refractivity contribution is -0.140. The summed E-state index contributed by atoms with van der Waals surface area (Å²) in [6.07, 6.45) is 3.54. The van der Waals surface area contributed by atoms with Crippen molar-refractivity contribution in [1.82, 2.24) is 5.32 Å². The summed E-state index contributed by atoms with van der Waals surface area (Å²) in [4.78, 5) is 11.5. The number of fused-ring (bicyclic) bond motifs is 1. The van der Waals surface area contributed by atoms with Gasteiger partial charge in [-0.3, -0.25) is 4.79 Å². The topological polar surface area (TPSA) is 67.8 Å². The second-order valence-electron chi connectivity index (χ2n) is 9.92. The molecule has 0 amide bonds. The van der Waals surface area contributed by atoms with Crippen LogP contribution in [0, 0.1) is 5.92 Å². The number of hydrogen-bond donors (Lipinski definition) is 2. The summed E-state index contributed by atoms with van der Waals surface area (Å²) in [7, 11) is 1.41. The average Bonchev–Trinajstić information content (AvgIpc) is 3.21. The first-order chi connectivity index (χ1) is 15.8. The Morgan fingerprint density at radius 1 is 1.12 bits per heavy atom. The first kappa shape index (κ1) is 25.4. The maximum absolute atomic E-state index is 11.5. The Bertz CT molecular complexity index is 885. The molecule has 0 saturated carbocycles. The Morgan fingerprint density at radius 3 is 2.42 bits per heavy atom. The molecule has 0 aliphatic heterocycles. The molecule has 2 N–H and O–H groups in total. The molecule has 1 aliphatic rings. The lowest BCUT2D eigenvalue weighted by atomic mass is 9.88. The van der Waals surface area contributed by atoms with E-state index in [1.165, 1.54) is 18.2 Å². The monoisotopic (exact) mass is 453 g/mol. The molecule has 5 heteroatoms. The normalized spacial score (nSPS) is 15.8. The molecule has 0 saturated heterocycles. The van der Waals surface area contributed by atoms with Crippen LogP contribution in [0.2, 0.25) is 0 Å². The van der Waals surface area contributed by atoms with Crippen molar-refractivity contribution >= 4 is 5.97 Å². The number of nitrogens with one attached hydrogen (secondary N) is 1. The molecule has 2 aromatic rings. The van der Waals surface area contributed by atoms with Gasteiger partial charge in [-0.15, -0.1) is 0 Å². The predicted molar refractivity (Wildman–Crippen MR) is 131 cm³/mol. The fourth-order valence-electron chi connectivity index (χ4n) is 4.88. The molecule has 5 nitrogen and oxygen atoms in total. The Labute approximate surface area is 198 Å². The van der Waals surface area contributed by atoms with Gasteiger partial charge in [0, 0.05) is 18.5 Å². The van der Waals surface area contributed by atoms with E-state index in [-0.39, 0.29) is 24.2 Å². The number of hydrogen-bond acceptors (Lipinski definition) is 5. The van der Waals surface area contributed by atoms with E-state index in [4.69, 9.17) is 9.47 Å². The lowest BCUT2D eigenvalue weighted by Crippen LogP contribution is -2.45. The molecule has 0 heterocycles. The quantitative estimate of drug-likeness (QED) is 0.466. The van der Waals surface area contributed by atoms with E-state index in [0.717, 1.165) is 30.4 Å². The predicted octanol–water partition coefficient (Wildman–Crippen LogP) is 4.40. The average molecular weight is 454 g/mol. The van der Waals surface area contributed by atoms with Crippen LogP contribution in [0.1, 0.15) is 62.0 Å². The molecule has 1 aliphatic carbocycles. The Hall–Kier alpha value is -2.21. The molecule has 0 radical (unpaired) electrons. The molecule has 0 aromatic heterocycles. The van der Waals surface area contributed by atoms with Crippen molar-refractivity contribution in [3.8, 4) is 0 Å². The van der Waals surface area contributed by atoms with E-state index in [9.17, 15) is 9.90 Å². The summed E-state index contributed by atoms with van der Waals surface area (Å²) < 4.78 is 10.8. The van der Waals surface area contributed by atoms with Crippen LogP contribution in [-0.2, 0) is 33.5 Å². The first-order valence-corrected chi connectivity index (χ1v) is 12.0. The van der Waals surface area contributed by atoms with E-state index >= 15 is 0 Å². The van der Waals surface area contributed by atoms with Crippen LogP contribution < -0.4 is 5.32 Å². The van der Waals surface area contributed by atoms with Gasteiger partial charge in [0.1, 0.15) is 0 Å². The van der Waals surface area contributed by atoms with Crippen LogP contribution in [0.4, 0.5) is 0 Å². The number of β-amino-alcohol motifs (C(OH)–C–C–N with tert-alkyl or cyclic N) is 1. The second-order valence-corrected chi connectivity index (χ2v) is 9.92. The fraction of sp³-hybridized carbons (Fsp3) is 0.536. The van der Waals surface area contributed by atoms with Gasteiger partial charge in [-0.05, 0) is 74.6 Å². The smallest absolute Gasteiger partial charge is 0.305 e. The van der Waals surface area contributed by atoms with Crippen LogP contribution in [0.25, 0.3) is 0 Å². The zero-order chi connectivity index (χ0) is 23.8. The minimum atomic E-state index is -0.588. The minimum absolute atomic E-state index is 0.0558. The van der Waals surface area contributed by atoms with Crippen molar-refractivity contribution in [2.45, 2.75) is 70.6 Å². The molecule has 0 unspecified atom stereocenters. The van der Waals surface area contributed by atoms with Crippen molar-refractivity contribution in [2.75, 3.05) is 20.3 Å². The molecule has 2 atom stereocenters. The van der Waals surface area contributed by atoms with Gasteiger partial charge in [0.05, 0.1) is 25.9 Å². The highest BCUT2D eigenvalue weighted by atomic mass is 16.5. The zero-order valence-corrected chi connectivity index (χ0v) is 20.5. The van der Waals surface area contributed by atoms with Gasteiger partial charge in [0.15, 0.2) is 0 Å². The summed E-state index contributed by atoms with van der Waals surface area (Å²) in [5.74, 6) is 0.420. The van der Waals surface area contributed by atoms with E-state index in [2.05, 4.69) is 43.4 Å². The summed E-state index contributed by atoms with van der Waals surface area (Å²) in [6.45, 7) is 7.15. The van der Waals surface area contributed by atoms with Crippen LogP contribution in [0.5, 0.6) is 0 Å². The van der Waals surface area contributed by atoms with Gasteiger partial charge in [0.25, 0.3) is 0 Å². The third-order valence-electron chi connectivity index (χ3n) is 6.61. The third-order valence-corrected chi connectivity index (χ3v) is 6.61. The summed E-state index contributed by atoms with van der Waals surface area (Å²) >= 11 is 0. The maximum atomic E-state index is 11.5. The van der Waals surface area contributed by atoms with Crippen molar-refractivity contribution in [3.63, 3.8) is 0 Å². The van der Waals surface area contributed by atoms with E-state index in [1.807, 2.05) is 31.2 Å². The number of methoxy groups -OCH3 is 1. The second kappa shape index (κ2) is 11.8. The highest BCUT2D eigenvalue weighted by Gasteiger charge is 2.28. The number of aryl methyl sites for hydroxylation is 1. The number of ether oxygens (including phenoxy) is 2. The Kier molecular flexibility index (Phi) is 9.07. The summed E-state index contributed by atoms with van der Waals surface area (Å²) in [6, 6.07) is 16.7. The van der Waals surface area contributed by atoms with Crippen molar-refractivity contribution in [1.29, 1.82) is 0 Å². The third kappa shape index (κ3) is 7.66. The Balaban J connectivity index is 1.43. The van der Waals surface area contributed by atoms with Gasteiger partial charge < -0.3 is 19.9 Å². The molecule has 33 heavy (non-hydrogen) atoms. The van der Waals surface area contributed by atoms with Crippen LogP contribution in [0.15, 0.2) is 48.5 Å². The largest absolute Gasteiger partial charge is 0.469 e. The molecule has 180 valence electrons. The highest BCUT2D eigenvalue weighted by Crippen LogP contribution is 2.32. The fourth-order valence-corrected chi connectivity index (χ4v) is 4.88. The van der Waals surface area contributed by atoms with Gasteiger partial charge in [-0.2, -0.15) is 0 Å². The number of benzene rings is 2. The van der Waals surface area contributed by atoms with Gasteiger partial charge in [0.2, 0.25) is 0 Å².